The van der Waals surface area contributed by atoms with Gasteiger partial charge in [0.1, 0.15) is 0 Å². The molecular formula is C12H24N2OS. The number of nitrogens with zero attached hydrogens (tertiary/aromatic N) is 2. The molecule has 2 saturated heterocycles. The molecule has 0 aromatic heterocycles. The maximum Gasteiger partial charge on any atom is 0.0594 e. The molecule has 2 aliphatic rings. The Morgan fingerprint density at radius 3 is 2.69 bits per heavy atom. The van der Waals surface area contributed by atoms with Crippen molar-refractivity contribution < 1.29 is 4.74 Å². The molecule has 0 aromatic carbocycles. The minimum absolute atomic E-state index is 0.670. The summed E-state index contributed by atoms with van der Waals surface area (Å²) in [6, 6.07) is 0.771. The maximum atomic E-state index is 5.43. The SMILES string of the molecule is CSC(C)N1CCC[C@@H](N2CCOCC2)C1. The highest BCUT2D eigenvalue weighted by Gasteiger charge is 2.28. The fourth-order valence-corrected chi connectivity index (χ4v) is 3.19. The van der Waals surface area contributed by atoms with Crippen LogP contribution in [0.2, 0.25) is 0 Å². The van der Waals surface area contributed by atoms with Crippen molar-refractivity contribution in [3.05, 3.63) is 0 Å². The predicted octanol–water partition coefficient (Wildman–Crippen LogP) is 1.49. The molecule has 1 unspecified atom stereocenters. The largest absolute Gasteiger partial charge is 0.379 e. The summed E-state index contributed by atoms with van der Waals surface area (Å²) in [5.41, 5.74) is 0. The molecular weight excluding hydrogens is 220 g/mol. The van der Waals surface area contributed by atoms with Crippen molar-refractivity contribution in [2.45, 2.75) is 31.2 Å². The lowest BCUT2D eigenvalue weighted by Crippen LogP contribution is -2.52. The van der Waals surface area contributed by atoms with Crippen molar-refractivity contribution in [2.24, 2.45) is 0 Å². The molecule has 0 spiro atoms. The lowest BCUT2D eigenvalue weighted by Gasteiger charge is -2.42. The zero-order valence-electron chi connectivity index (χ0n) is 10.5. The van der Waals surface area contributed by atoms with E-state index in [1.165, 1.54) is 25.9 Å². The van der Waals surface area contributed by atoms with Crippen LogP contribution in [0.4, 0.5) is 0 Å². The fourth-order valence-electron chi connectivity index (χ4n) is 2.70. The first-order valence-electron chi connectivity index (χ1n) is 6.40. The van der Waals surface area contributed by atoms with Gasteiger partial charge >= 0.3 is 0 Å². The number of rotatable bonds is 3. The molecule has 0 aromatic rings. The Morgan fingerprint density at radius 2 is 2.00 bits per heavy atom. The first kappa shape index (κ1) is 12.7. The second kappa shape index (κ2) is 6.24. The molecule has 0 N–H and O–H groups in total. The van der Waals surface area contributed by atoms with E-state index in [0.717, 1.165) is 32.3 Å². The molecule has 4 heteroatoms. The number of thioether (sulfide) groups is 1. The van der Waals surface area contributed by atoms with Crippen molar-refractivity contribution in [1.29, 1.82) is 0 Å². The molecule has 0 bridgehead atoms. The quantitative estimate of drug-likeness (QED) is 0.747. The molecule has 3 nitrogen and oxygen atoms in total. The summed E-state index contributed by atoms with van der Waals surface area (Å²) < 4.78 is 5.43. The average molecular weight is 244 g/mol. The normalized spacial score (nSPS) is 31.5. The van der Waals surface area contributed by atoms with E-state index in [9.17, 15) is 0 Å². The van der Waals surface area contributed by atoms with Gasteiger partial charge < -0.3 is 4.74 Å². The number of piperidine rings is 1. The Hall–Kier alpha value is 0.230. The van der Waals surface area contributed by atoms with E-state index in [2.05, 4.69) is 23.0 Å². The highest BCUT2D eigenvalue weighted by molar-refractivity contribution is 7.99. The average Bonchev–Trinajstić information content (AvgIpc) is 2.39. The van der Waals surface area contributed by atoms with E-state index in [0.29, 0.717) is 5.37 Å². The molecule has 2 atom stereocenters. The molecule has 0 saturated carbocycles. The van der Waals surface area contributed by atoms with Crippen molar-refractivity contribution in [2.75, 3.05) is 45.6 Å². The van der Waals surface area contributed by atoms with Gasteiger partial charge in [-0.2, -0.15) is 0 Å². The minimum atomic E-state index is 0.670. The summed E-state index contributed by atoms with van der Waals surface area (Å²) in [4.78, 5) is 5.26. The van der Waals surface area contributed by atoms with Crippen LogP contribution in [0, 0.1) is 0 Å². The third-order valence-corrected chi connectivity index (χ3v) is 4.83. The van der Waals surface area contributed by atoms with Crippen LogP contribution in [-0.2, 0) is 4.74 Å². The van der Waals surface area contributed by atoms with Crippen LogP contribution < -0.4 is 0 Å². The van der Waals surface area contributed by atoms with Gasteiger partial charge in [-0.25, -0.2) is 0 Å². The van der Waals surface area contributed by atoms with E-state index >= 15 is 0 Å². The van der Waals surface area contributed by atoms with Crippen LogP contribution in [0.5, 0.6) is 0 Å². The van der Waals surface area contributed by atoms with Crippen molar-refractivity contribution in [3.63, 3.8) is 0 Å². The fraction of sp³-hybridized carbons (Fsp3) is 1.00. The Morgan fingerprint density at radius 1 is 1.25 bits per heavy atom. The van der Waals surface area contributed by atoms with Crippen LogP contribution in [0.25, 0.3) is 0 Å². The standard InChI is InChI=1S/C12H24N2OS/c1-11(16-2)14-5-3-4-12(10-14)13-6-8-15-9-7-13/h11-12H,3-10H2,1-2H3/t11?,12-/m1/s1. The summed E-state index contributed by atoms with van der Waals surface area (Å²) in [5.74, 6) is 0. The van der Waals surface area contributed by atoms with Gasteiger partial charge in [-0.15, -0.1) is 11.8 Å². The van der Waals surface area contributed by atoms with Gasteiger partial charge in [0.2, 0.25) is 0 Å². The Bertz CT molecular complexity index is 209. The molecule has 2 rings (SSSR count). The molecule has 0 radical (unpaired) electrons. The van der Waals surface area contributed by atoms with Crippen LogP contribution in [0.1, 0.15) is 19.8 Å². The second-order valence-corrected chi connectivity index (χ2v) is 5.93. The van der Waals surface area contributed by atoms with Crippen LogP contribution in [0.3, 0.4) is 0 Å². The van der Waals surface area contributed by atoms with E-state index in [1.54, 1.807) is 0 Å². The van der Waals surface area contributed by atoms with Crippen molar-refractivity contribution >= 4 is 11.8 Å². The predicted molar refractivity (Wildman–Crippen MR) is 70.0 cm³/mol. The first-order chi connectivity index (χ1) is 7.81. The maximum absolute atomic E-state index is 5.43. The van der Waals surface area contributed by atoms with Crippen molar-refractivity contribution in [3.8, 4) is 0 Å². The van der Waals surface area contributed by atoms with Gasteiger partial charge in [0.05, 0.1) is 18.6 Å². The monoisotopic (exact) mass is 244 g/mol. The molecule has 16 heavy (non-hydrogen) atoms. The molecule has 94 valence electrons. The van der Waals surface area contributed by atoms with Crippen molar-refractivity contribution in [1.82, 2.24) is 9.80 Å². The summed E-state index contributed by atoms with van der Waals surface area (Å²) in [7, 11) is 0. The number of likely N-dealkylation sites (tertiary alicyclic amines) is 1. The number of hydrogen-bond donors (Lipinski definition) is 0. The summed E-state index contributed by atoms with van der Waals surface area (Å²) >= 11 is 1.96. The van der Waals surface area contributed by atoms with Crippen LogP contribution in [-0.4, -0.2) is 66.9 Å². The van der Waals surface area contributed by atoms with Crippen LogP contribution in [0.15, 0.2) is 0 Å². The molecule has 2 aliphatic heterocycles. The summed E-state index contributed by atoms with van der Waals surface area (Å²) in [6.07, 6.45) is 4.94. The lowest BCUT2D eigenvalue weighted by molar-refractivity contribution is -0.00327. The number of ether oxygens (including phenoxy) is 1. The Labute approximate surface area is 103 Å². The minimum Gasteiger partial charge on any atom is -0.379 e. The molecule has 2 fully saturated rings. The van der Waals surface area contributed by atoms with Gasteiger partial charge in [-0.3, -0.25) is 9.80 Å². The van der Waals surface area contributed by atoms with Gasteiger partial charge in [0, 0.05) is 25.7 Å². The zero-order chi connectivity index (χ0) is 11.4. The highest BCUT2D eigenvalue weighted by Crippen LogP contribution is 2.22. The van der Waals surface area contributed by atoms with E-state index in [1.807, 2.05) is 11.8 Å². The van der Waals surface area contributed by atoms with Gasteiger partial charge in [0.25, 0.3) is 0 Å². The first-order valence-corrected chi connectivity index (χ1v) is 7.68. The van der Waals surface area contributed by atoms with Crippen LogP contribution >= 0.6 is 11.8 Å². The highest BCUT2D eigenvalue weighted by atomic mass is 32.2. The summed E-state index contributed by atoms with van der Waals surface area (Å²) in [6.45, 7) is 8.97. The second-order valence-electron chi connectivity index (χ2n) is 4.77. The van der Waals surface area contributed by atoms with Gasteiger partial charge in [-0.1, -0.05) is 0 Å². The lowest BCUT2D eigenvalue weighted by atomic mass is 10.0. The molecule has 0 amide bonds. The van der Waals surface area contributed by atoms with E-state index < -0.39 is 0 Å². The number of hydrogen-bond acceptors (Lipinski definition) is 4. The zero-order valence-corrected chi connectivity index (χ0v) is 11.3. The molecule has 2 heterocycles. The Kier molecular flexibility index (Phi) is 4.95. The molecule has 0 aliphatic carbocycles. The third kappa shape index (κ3) is 3.13. The third-order valence-electron chi connectivity index (χ3n) is 3.85. The topological polar surface area (TPSA) is 15.7 Å². The van der Waals surface area contributed by atoms with Gasteiger partial charge in [0.15, 0.2) is 0 Å². The smallest absolute Gasteiger partial charge is 0.0594 e. The van der Waals surface area contributed by atoms with E-state index in [-0.39, 0.29) is 0 Å². The van der Waals surface area contributed by atoms with E-state index in [4.69, 9.17) is 4.74 Å². The Balaban J connectivity index is 1.85. The van der Waals surface area contributed by atoms with Gasteiger partial charge in [-0.05, 0) is 32.6 Å². The summed E-state index contributed by atoms with van der Waals surface area (Å²) in [5, 5.41) is 0.670. The number of morpholine rings is 1.